The molecule has 0 atom stereocenters. The highest BCUT2D eigenvalue weighted by molar-refractivity contribution is 6.36. The zero-order valence-electron chi connectivity index (χ0n) is 10.8. The Balaban J connectivity index is 2.27. The second-order valence-corrected chi connectivity index (χ2v) is 5.23. The van der Waals surface area contributed by atoms with Gasteiger partial charge in [0.05, 0.1) is 16.1 Å². The third kappa shape index (κ3) is 1.57. The standard InChI is InChI=1S/C18H12ClN/c19-16-11-6-10-15-14-9-4-5-12-17(14)20(18(15)16)13-7-2-1-3-8-13/h1-12H. The van der Waals surface area contributed by atoms with Crippen molar-refractivity contribution in [1.29, 1.82) is 0 Å². The summed E-state index contributed by atoms with van der Waals surface area (Å²) in [6, 6.07) is 24.8. The smallest absolute Gasteiger partial charge is 0.0727 e. The molecule has 0 aliphatic heterocycles. The first-order chi connectivity index (χ1) is 9.86. The van der Waals surface area contributed by atoms with Crippen LogP contribution in [0.15, 0.2) is 72.8 Å². The number of nitrogens with zero attached hydrogens (tertiary/aromatic N) is 1. The third-order valence-electron chi connectivity index (χ3n) is 3.66. The van der Waals surface area contributed by atoms with Crippen molar-refractivity contribution in [1.82, 2.24) is 4.57 Å². The van der Waals surface area contributed by atoms with Crippen LogP contribution in [-0.4, -0.2) is 4.57 Å². The van der Waals surface area contributed by atoms with Gasteiger partial charge in [0.2, 0.25) is 0 Å². The average Bonchev–Trinajstić information content (AvgIpc) is 2.84. The quantitative estimate of drug-likeness (QED) is 0.437. The van der Waals surface area contributed by atoms with Gasteiger partial charge in [-0.3, -0.25) is 0 Å². The molecule has 1 aromatic heterocycles. The van der Waals surface area contributed by atoms with Crippen LogP contribution in [0.4, 0.5) is 0 Å². The van der Waals surface area contributed by atoms with Gasteiger partial charge >= 0.3 is 0 Å². The Morgan fingerprint density at radius 3 is 2.20 bits per heavy atom. The Morgan fingerprint density at radius 2 is 1.35 bits per heavy atom. The number of fused-ring (bicyclic) bond motifs is 3. The van der Waals surface area contributed by atoms with Crippen LogP contribution >= 0.6 is 11.6 Å². The molecule has 2 heteroatoms. The van der Waals surface area contributed by atoms with Gasteiger partial charge in [-0.15, -0.1) is 0 Å². The number of benzene rings is 3. The molecule has 20 heavy (non-hydrogen) atoms. The minimum atomic E-state index is 0.780. The zero-order chi connectivity index (χ0) is 13.5. The third-order valence-corrected chi connectivity index (χ3v) is 3.96. The van der Waals surface area contributed by atoms with E-state index in [0.29, 0.717) is 0 Å². The fraction of sp³-hybridized carbons (Fsp3) is 0. The van der Waals surface area contributed by atoms with Crippen molar-refractivity contribution >= 4 is 33.4 Å². The Labute approximate surface area is 122 Å². The highest BCUT2D eigenvalue weighted by atomic mass is 35.5. The second-order valence-electron chi connectivity index (χ2n) is 4.82. The van der Waals surface area contributed by atoms with E-state index in [0.717, 1.165) is 16.2 Å². The first-order valence-electron chi connectivity index (χ1n) is 6.59. The van der Waals surface area contributed by atoms with E-state index in [1.807, 2.05) is 30.3 Å². The summed E-state index contributed by atoms with van der Waals surface area (Å²) in [5, 5.41) is 3.20. The normalized spacial score (nSPS) is 11.2. The summed E-state index contributed by atoms with van der Waals surface area (Å²) in [5.74, 6) is 0. The van der Waals surface area contributed by atoms with Crippen LogP contribution in [0.2, 0.25) is 5.02 Å². The summed E-state index contributed by atoms with van der Waals surface area (Å²) in [4.78, 5) is 0. The summed E-state index contributed by atoms with van der Waals surface area (Å²) in [6.45, 7) is 0. The molecule has 4 rings (SSSR count). The molecule has 0 fully saturated rings. The van der Waals surface area contributed by atoms with Crippen molar-refractivity contribution in [2.24, 2.45) is 0 Å². The van der Waals surface area contributed by atoms with Gasteiger partial charge in [0.25, 0.3) is 0 Å². The maximum Gasteiger partial charge on any atom is 0.0727 e. The average molecular weight is 278 g/mol. The van der Waals surface area contributed by atoms with Crippen molar-refractivity contribution in [2.45, 2.75) is 0 Å². The fourth-order valence-corrected chi connectivity index (χ4v) is 3.08. The Bertz CT molecular complexity index is 907. The SMILES string of the molecule is Clc1cccc2c3ccccc3n(-c3ccccc3)c12. The molecule has 96 valence electrons. The van der Waals surface area contributed by atoms with Crippen LogP contribution in [0.5, 0.6) is 0 Å². The molecule has 0 radical (unpaired) electrons. The number of aromatic nitrogens is 1. The topological polar surface area (TPSA) is 4.93 Å². The lowest BCUT2D eigenvalue weighted by Gasteiger charge is -2.08. The fourth-order valence-electron chi connectivity index (χ4n) is 2.82. The predicted molar refractivity (Wildman–Crippen MR) is 85.8 cm³/mol. The van der Waals surface area contributed by atoms with E-state index in [4.69, 9.17) is 11.6 Å². The van der Waals surface area contributed by atoms with Crippen molar-refractivity contribution in [3.63, 3.8) is 0 Å². The lowest BCUT2D eigenvalue weighted by Crippen LogP contribution is -1.93. The highest BCUT2D eigenvalue weighted by Gasteiger charge is 2.13. The lowest BCUT2D eigenvalue weighted by molar-refractivity contribution is 1.18. The van der Waals surface area contributed by atoms with Crippen molar-refractivity contribution in [3.05, 3.63) is 77.8 Å². The van der Waals surface area contributed by atoms with Crippen LogP contribution in [-0.2, 0) is 0 Å². The van der Waals surface area contributed by atoms with E-state index in [1.54, 1.807) is 0 Å². The first kappa shape index (κ1) is 11.6. The number of hydrogen-bond acceptors (Lipinski definition) is 0. The molecular weight excluding hydrogens is 266 g/mol. The van der Waals surface area contributed by atoms with Crippen LogP contribution in [0.3, 0.4) is 0 Å². The van der Waals surface area contributed by atoms with Crippen LogP contribution in [0, 0.1) is 0 Å². The van der Waals surface area contributed by atoms with E-state index >= 15 is 0 Å². The van der Waals surface area contributed by atoms with Gasteiger partial charge in [-0.2, -0.15) is 0 Å². The maximum atomic E-state index is 6.46. The molecule has 3 aromatic carbocycles. The van der Waals surface area contributed by atoms with Crippen molar-refractivity contribution in [3.8, 4) is 5.69 Å². The number of para-hydroxylation sites is 3. The molecule has 1 nitrogen and oxygen atoms in total. The molecule has 0 aliphatic carbocycles. The van der Waals surface area contributed by atoms with E-state index in [1.165, 1.54) is 16.3 Å². The minimum Gasteiger partial charge on any atom is -0.308 e. The zero-order valence-corrected chi connectivity index (χ0v) is 11.5. The molecular formula is C18H12ClN. The van der Waals surface area contributed by atoms with Crippen LogP contribution < -0.4 is 0 Å². The monoisotopic (exact) mass is 277 g/mol. The second kappa shape index (κ2) is 4.39. The van der Waals surface area contributed by atoms with Gasteiger partial charge in [-0.1, -0.05) is 60.1 Å². The number of halogens is 1. The molecule has 0 amide bonds. The largest absolute Gasteiger partial charge is 0.308 e. The molecule has 1 heterocycles. The maximum absolute atomic E-state index is 6.46. The van der Waals surface area contributed by atoms with Gasteiger partial charge in [0.1, 0.15) is 0 Å². The predicted octanol–water partition coefficient (Wildman–Crippen LogP) is 5.44. The van der Waals surface area contributed by atoms with Gasteiger partial charge in [0.15, 0.2) is 0 Å². The summed E-state index contributed by atoms with van der Waals surface area (Å²) in [5.41, 5.74) is 3.38. The van der Waals surface area contributed by atoms with Gasteiger partial charge < -0.3 is 4.57 Å². The molecule has 0 N–H and O–H groups in total. The van der Waals surface area contributed by atoms with E-state index in [-0.39, 0.29) is 0 Å². The molecule has 0 bridgehead atoms. The Kier molecular flexibility index (Phi) is 2.54. The van der Waals surface area contributed by atoms with E-state index < -0.39 is 0 Å². The molecule has 0 spiro atoms. The first-order valence-corrected chi connectivity index (χ1v) is 6.97. The van der Waals surface area contributed by atoms with Gasteiger partial charge in [-0.25, -0.2) is 0 Å². The number of hydrogen-bond donors (Lipinski definition) is 0. The highest BCUT2D eigenvalue weighted by Crippen LogP contribution is 2.35. The van der Waals surface area contributed by atoms with Crippen molar-refractivity contribution < 1.29 is 0 Å². The molecule has 4 aromatic rings. The van der Waals surface area contributed by atoms with Crippen molar-refractivity contribution in [2.75, 3.05) is 0 Å². The Morgan fingerprint density at radius 1 is 0.650 bits per heavy atom. The van der Waals surface area contributed by atoms with Crippen LogP contribution in [0.25, 0.3) is 27.5 Å². The summed E-state index contributed by atoms with van der Waals surface area (Å²) in [6.07, 6.45) is 0. The van der Waals surface area contributed by atoms with Gasteiger partial charge in [-0.05, 0) is 24.3 Å². The lowest BCUT2D eigenvalue weighted by atomic mass is 10.2. The molecule has 0 unspecified atom stereocenters. The van der Waals surface area contributed by atoms with E-state index in [9.17, 15) is 0 Å². The van der Waals surface area contributed by atoms with E-state index in [2.05, 4.69) is 47.0 Å². The molecule has 0 saturated heterocycles. The summed E-state index contributed by atoms with van der Waals surface area (Å²) < 4.78 is 2.23. The summed E-state index contributed by atoms with van der Waals surface area (Å²) in [7, 11) is 0. The minimum absolute atomic E-state index is 0.780. The number of rotatable bonds is 1. The molecule has 0 saturated carbocycles. The summed E-state index contributed by atoms with van der Waals surface area (Å²) >= 11 is 6.46. The molecule has 0 aliphatic rings. The Hall–Kier alpha value is -2.25. The van der Waals surface area contributed by atoms with Crippen LogP contribution in [0.1, 0.15) is 0 Å². The van der Waals surface area contributed by atoms with Gasteiger partial charge in [0, 0.05) is 16.5 Å².